The number of hydrogen-bond acceptors (Lipinski definition) is 24. The van der Waals surface area contributed by atoms with Crippen LogP contribution in [-0.2, 0) is 95.3 Å². The third-order valence-corrected chi connectivity index (χ3v) is 10.8. The van der Waals surface area contributed by atoms with Crippen molar-refractivity contribution in [1.82, 2.24) is 4.58 Å². The van der Waals surface area contributed by atoms with Crippen molar-refractivity contribution in [2.45, 2.75) is 119 Å². The van der Waals surface area contributed by atoms with E-state index in [0.29, 0.717) is 0 Å². The maximum atomic E-state index is 12.9. The molecule has 1 aliphatic carbocycles. The molecule has 2 aromatic rings. The molecule has 25 heteroatoms. The Morgan fingerprint density at radius 1 is 0.571 bits per heavy atom. The van der Waals surface area contributed by atoms with E-state index >= 15 is 0 Å². The van der Waals surface area contributed by atoms with Crippen molar-refractivity contribution >= 4 is 82.1 Å². The van der Waals surface area contributed by atoms with Crippen molar-refractivity contribution in [3.63, 3.8) is 0 Å². The van der Waals surface area contributed by atoms with E-state index in [-0.39, 0.29) is 50.0 Å². The van der Waals surface area contributed by atoms with Gasteiger partial charge in [-0.3, -0.25) is 47.9 Å². The highest BCUT2D eigenvalue weighted by molar-refractivity contribution is 6.07. The van der Waals surface area contributed by atoms with Gasteiger partial charge in [-0.2, -0.15) is 4.58 Å². The largest absolute Gasteiger partial charge is 0.545 e. The fraction of sp³-hybridized carbons (Fsp3) is 0.423. The van der Waals surface area contributed by atoms with E-state index in [9.17, 15) is 57.8 Å². The van der Waals surface area contributed by atoms with E-state index in [2.05, 4.69) is 0 Å². The van der Waals surface area contributed by atoms with Gasteiger partial charge in [-0.15, -0.1) is 0 Å². The fourth-order valence-corrected chi connectivity index (χ4v) is 7.98. The molecule has 25 nitrogen and oxygen atoms in total. The van der Waals surface area contributed by atoms with Crippen molar-refractivity contribution in [2.75, 3.05) is 32.2 Å². The minimum atomic E-state index is -1.92. The second-order valence-electron chi connectivity index (χ2n) is 17.1. The molecule has 0 saturated carbocycles. The first kappa shape index (κ1) is 60.8. The molecule has 4 rings (SSSR count). The molecule has 1 aliphatic heterocycles. The van der Waals surface area contributed by atoms with Crippen molar-refractivity contribution in [3.05, 3.63) is 71.6 Å². The van der Waals surface area contributed by atoms with Gasteiger partial charge in [-0.05, 0) is 30.7 Å². The Morgan fingerprint density at radius 2 is 1.12 bits per heavy atom. The average Bonchev–Trinajstić information content (AvgIpc) is 3.34. The number of aromatic carboxylic acids is 1. The monoisotopic (exact) mass is 1080 g/mol. The van der Waals surface area contributed by atoms with E-state index in [0.717, 1.165) is 69.2 Å². The molecule has 0 amide bonds. The van der Waals surface area contributed by atoms with E-state index in [1.165, 1.54) is 78.2 Å². The second kappa shape index (κ2) is 27.2. The first-order valence-corrected chi connectivity index (χ1v) is 23.3. The van der Waals surface area contributed by atoms with Crippen molar-refractivity contribution in [1.29, 1.82) is 0 Å². The minimum absolute atomic E-state index is 0.00785. The van der Waals surface area contributed by atoms with Crippen LogP contribution in [0.5, 0.6) is 0 Å². The molecule has 2 aliphatic rings. The number of carboxylic acids is 1. The number of Topliss-reactive ketones (excluding diaryl/α,β-unsaturated/α-hetero) is 1. The maximum absolute atomic E-state index is 12.9. The van der Waals surface area contributed by atoms with Crippen LogP contribution in [0.3, 0.4) is 0 Å². The molecule has 2 aromatic carbocycles. The number of anilines is 1. The lowest BCUT2D eigenvalue weighted by molar-refractivity contribution is -0.255. The molecule has 0 bridgehead atoms. The van der Waals surface area contributed by atoms with Crippen LogP contribution < -0.4 is 19.9 Å². The Morgan fingerprint density at radius 3 is 1.66 bits per heavy atom. The molecule has 0 spiro atoms. The van der Waals surface area contributed by atoms with Gasteiger partial charge < -0.3 is 66.6 Å². The SMILES string of the molecule is CC(=O)COC(OC(C)=O)C(OC(C)=O)C(OC(C)=O)C(OC(C)=O)N(C)c1ccc2c(-c3ccccc3C(=O)[O-])c3cc/c(=[N+](/C)C(OC(C)=O)C(OC(C)=O)C(OC(C)=O)C(COC(C)=O)OC(C)=O)cc-3oc2c1. The molecule has 77 heavy (non-hydrogen) atoms. The van der Waals surface area contributed by atoms with Gasteiger partial charge in [0.2, 0.25) is 36.2 Å². The molecular weight excluding hydrogens is 1020 g/mol. The van der Waals surface area contributed by atoms with Gasteiger partial charge >= 0.3 is 60.0 Å². The number of carboxylic acid groups (broad SMARTS) is 1. The highest BCUT2D eigenvalue weighted by Crippen LogP contribution is 2.42. The summed E-state index contributed by atoms with van der Waals surface area (Å²) in [4.78, 5) is 139. The van der Waals surface area contributed by atoms with Gasteiger partial charge in [0.25, 0.3) is 0 Å². The van der Waals surface area contributed by atoms with Gasteiger partial charge in [-0.1, -0.05) is 24.3 Å². The molecule has 1 heterocycles. The Hall–Kier alpha value is -8.74. The number of ether oxygens (including phenoxy) is 10. The fourth-order valence-electron chi connectivity index (χ4n) is 7.98. The predicted molar refractivity (Wildman–Crippen MR) is 260 cm³/mol. The number of nitrogens with zero attached hydrogens (tertiary/aromatic N) is 2. The summed E-state index contributed by atoms with van der Waals surface area (Å²) in [6.45, 7) is 8.88. The number of rotatable bonds is 24. The lowest BCUT2D eigenvalue weighted by Gasteiger charge is -2.39. The molecule has 8 unspecified atom stereocenters. The van der Waals surface area contributed by atoms with E-state index in [4.69, 9.17) is 51.8 Å². The zero-order chi connectivity index (χ0) is 57.6. The normalized spacial score (nSPS) is 14.5. The minimum Gasteiger partial charge on any atom is -0.545 e. The maximum Gasteiger partial charge on any atom is 0.341 e. The summed E-state index contributed by atoms with van der Waals surface area (Å²) in [7, 11) is 2.77. The van der Waals surface area contributed by atoms with Crippen LogP contribution >= 0.6 is 0 Å². The zero-order valence-electron chi connectivity index (χ0n) is 44.1. The Labute approximate surface area is 440 Å². The van der Waals surface area contributed by atoms with Gasteiger partial charge in [-0.25, -0.2) is 0 Å². The van der Waals surface area contributed by atoms with Crippen LogP contribution in [0.4, 0.5) is 5.69 Å². The number of ketones is 1. The standard InChI is InChI=1S/C52H58N2O23/c1-25(55)23-68-52(76-34(10)64)48(73-31(7)61)47(72-30(6)60)50(75-33(9)63)54(12)36-18-20-40-42(22-36)77-41-21-35(17-19-39(41)44(40)37-15-13-14-16-38(37)51(65)66)53(11)49(74-32(8)62)46(71-29(5)59)45(70-28(4)58)43(69-27(3)57)24-67-26(2)56/h13-22,43,45-50,52H,23-24H2,1-12H3. The molecule has 0 aromatic heterocycles. The van der Waals surface area contributed by atoms with Gasteiger partial charge in [0.05, 0.1) is 12.0 Å². The number of esters is 9. The Bertz CT molecular complexity index is 2960. The van der Waals surface area contributed by atoms with Gasteiger partial charge in [0, 0.05) is 109 Å². The van der Waals surface area contributed by atoms with Crippen molar-refractivity contribution < 1.29 is 110 Å². The molecule has 0 N–H and O–H groups in total. The van der Waals surface area contributed by atoms with Gasteiger partial charge in [0.1, 0.15) is 31.6 Å². The highest BCUT2D eigenvalue weighted by Gasteiger charge is 2.49. The van der Waals surface area contributed by atoms with Crippen LogP contribution in [0.1, 0.15) is 79.6 Å². The summed E-state index contributed by atoms with van der Waals surface area (Å²) < 4.78 is 63.0. The molecule has 0 radical (unpaired) electrons. The van der Waals surface area contributed by atoms with E-state index in [1.807, 2.05) is 0 Å². The lowest BCUT2D eigenvalue weighted by atomic mass is 9.90. The van der Waals surface area contributed by atoms with Crippen LogP contribution in [0, 0.1) is 0 Å². The molecular formula is C52H58N2O23. The summed E-state index contributed by atoms with van der Waals surface area (Å²) in [5, 5.41) is 13.1. The van der Waals surface area contributed by atoms with Crippen LogP contribution in [0.25, 0.3) is 33.4 Å². The lowest BCUT2D eigenvalue weighted by Crippen LogP contribution is -2.58. The van der Waals surface area contributed by atoms with Crippen LogP contribution in [0.15, 0.2) is 65.1 Å². The summed E-state index contributed by atoms with van der Waals surface area (Å²) in [5.41, 5.74) is 0.616. The third kappa shape index (κ3) is 16.9. The Kier molecular flexibility index (Phi) is 21.5. The number of carbonyl (C=O) groups excluding carboxylic acids is 11. The first-order valence-electron chi connectivity index (χ1n) is 23.3. The topological polar surface area (TPSA) is 323 Å². The zero-order valence-corrected chi connectivity index (χ0v) is 44.1. The van der Waals surface area contributed by atoms with Crippen LogP contribution in [0.2, 0.25) is 0 Å². The predicted octanol–water partition coefficient (Wildman–Crippen LogP) is 1.90. The van der Waals surface area contributed by atoms with Crippen molar-refractivity contribution in [2.24, 2.45) is 0 Å². The summed E-state index contributed by atoms with van der Waals surface area (Å²) >= 11 is 0. The number of fused-ring (bicyclic) bond motifs is 2. The first-order chi connectivity index (χ1) is 36.1. The van der Waals surface area contributed by atoms with Crippen LogP contribution in [-0.4, -0.2) is 142 Å². The number of carbonyl (C=O) groups is 11. The van der Waals surface area contributed by atoms with Crippen molar-refractivity contribution in [3.8, 4) is 22.5 Å². The molecule has 0 saturated heterocycles. The second-order valence-corrected chi connectivity index (χ2v) is 17.1. The molecule has 0 fully saturated rings. The summed E-state index contributed by atoms with van der Waals surface area (Å²) in [5.74, 6) is -10.6. The quantitative estimate of drug-likeness (QED) is 0.0318. The van der Waals surface area contributed by atoms with E-state index in [1.54, 1.807) is 6.07 Å². The smallest absolute Gasteiger partial charge is 0.341 e. The third-order valence-electron chi connectivity index (χ3n) is 10.8. The number of benzene rings is 3. The number of hydrogen-bond donors (Lipinski definition) is 0. The summed E-state index contributed by atoms with van der Waals surface area (Å²) in [6.07, 6.45) is -14.5. The molecule has 8 atom stereocenters. The highest BCUT2D eigenvalue weighted by atomic mass is 16.7. The Balaban J connectivity index is 2.13. The summed E-state index contributed by atoms with van der Waals surface area (Å²) in [6, 6.07) is 14.8. The molecule has 414 valence electrons. The van der Waals surface area contributed by atoms with E-state index < -0.39 is 128 Å². The average molecular weight is 1080 g/mol. The van der Waals surface area contributed by atoms with Gasteiger partial charge in [0.15, 0.2) is 18.0 Å². The number of likely N-dealkylation sites (N-methyl/N-ethyl adjacent to an activating group) is 2.